The molecule has 0 spiro atoms. The maximum absolute atomic E-state index is 13.2. The highest BCUT2D eigenvalue weighted by atomic mass is 16.5. The second-order valence-corrected chi connectivity index (χ2v) is 10.0. The van der Waals surface area contributed by atoms with Crippen molar-refractivity contribution in [2.24, 2.45) is 0 Å². The predicted octanol–water partition coefficient (Wildman–Crippen LogP) is 1.73. The number of carbonyl (C=O) groups excluding carboxylic acids is 2. The summed E-state index contributed by atoms with van der Waals surface area (Å²) in [6.45, 7) is 9.76. The zero-order chi connectivity index (χ0) is 24.9. The van der Waals surface area contributed by atoms with Gasteiger partial charge < -0.3 is 24.8 Å². The summed E-state index contributed by atoms with van der Waals surface area (Å²) in [4.78, 5) is 33.9. The number of ether oxygens (including phenoxy) is 1. The molecule has 8 heteroatoms. The summed E-state index contributed by atoms with van der Waals surface area (Å²) in [6.07, 6.45) is 1.02. The molecule has 1 unspecified atom stereocenters. The zero-order valence-corrected chi connectivity index (χ0v) is 21.2. The topological polar surface area (TPSA) is 68.4 Å². The summed E-state index contributed by atoms with van der Waals surface area (Å²) >= 11 is 0. The van der Waals surface area contributed by atoms with Gasteiger partial charge in [-0.3, -0.25) is 14.5 Å². The lowest BCUT2D eigenvalue weighted by Crippen LogP contribution is -2.56. The Bertz CT molecular complexity index is 1070. The van der Waals surface area contributed by atoms with Gasteiger partial charge in [0.25, 0.3) is 0 Å². The fourth-order valence-electron chi connectivity index (χ4n) is 5.55. The summed E-state index contributed by atoms with van der Waals surface area (Å²) in [6, 6.07) is 16.9. The molecule has 36 heavy (non-hydrogen) atoms. The SMILES string of the molecule is CC(=O)NC(CN1CCc2ccccc2C1)CN1CCN(c2cccc(N3CCOCC3)c2)CC1=O. The van der Waals surface area contributed by atoms with Crippen molar-refractivity contribution in [2.45, 2.75) is 25.9 Å². The molecule has 2 aromatic rings. The Morgan fingerprint density at radius 3 is 2.39 bits per heavy atom. The minimum absolute atomic E-state index is 0.0524. The van der Waals surface area contributed by atoms with E-state index in [-0.39, 0.29) is 17.9 Å². The van der Waals surface area contributed by atoms with Gasteiger partial charge in [0, 0.05) is 70.7 Å². The molecule has 1 atom stereocenters. The van der Waals surface area contributed by atoms with Gasteiger partial charge in [-0.25, -0.2) is 0 Å². The van der Waals surface area contributed by atoms with E-state index in [1.165, 1.54) is 16.8 Å². The minimum atomic E-state index is -0.0899. The quantitative estimate of drug-likeness (QED) is 0.637. The van der Waals surface area contributed by atoms with Crippen LogP contribution in [0.15, 0.2) is 48.5 Å². The Morgan fingerprint density at radius 1 is 0.889 bits per heavy atom. The number of anilines is 2. The second kappa shape index (κ2) is 11.3. The monoisotopic (exact) mass is 491 g/mol. The number of hydrogen-bond acceptors (Lipinski definition) is 6. The fraction of sp³-hybridized carbons (Fsp3) is 0.500. The number of hydrogen-bond donors (Lipinski definition) is 1. The normalized spacial score (nSPS) is 19.7. The number of benzene rings is 2. The standard InChI is InChI=1S/C28H37N5O3/c1-22(34)29-25(19-30-10-9-23-5-2-3-6-24(23)18-30)20-33-12-11-32(21-28(33)35)27-8-4-7-26(17-27)31-13-15-36-16-14-31/h2-8,17,25H,9-16,18-21H2,1H3,(H,29,34). The number of fused-ring (bicyclic) bond motifs is 1. The molecule has 2 fully saturated rings. The number of carbonyl (C=O) groups is 2. The first kappa shape index (κ1) is 24.6. The number of nitrogens with zero attached hydrogens (tertiary/aromatic N) is 4. The van der Waals surface area contributed by atoms with E-state index >= 15 is 0 Å². The average Bonchev–Trinajstić information content (AvgIpc) is 2.90. The van der Waals surface area contributed by atoms with Gasteiger partial charge in [0.05, 0.1) is 25.8 Å². The first-order valence-corrected chi connectivity index (χ1v) is 13.1. The number of morpholine rings is 1. The molecule has 2 aromatic carbocycles. The van der Waals surface area contributed by atoms with Gasteiger partial charge in [0.1, 0.15) is 0 Å². The van der Waals surface area contributed by atoms with Gasteiger partial charge in [-0.1, -0.05) is 30.3 Å². The van der Waals surface area contributed by atoms with E-state index in [4.69, 9.17) is 4.74 Å². The van der Waals surface area contributed by atoms with Gasteiger partial charge in [0.15, 0.2) is 0 Å². The summed E-state index contributed by atoms with van der Waals surface area (Å²) in [5.74, 6) is 0.0563. The van der Waals surface area contributed by atoms with Gasteiger partial charge in [-0.2, -0.15) is 0 Å². The van der Waals surface area contributed by atoms with Crippen molar-refractivity contribution in [1.82, 2.24) is 15.1 Å². The summed E-state index contributed by atoms with van der Waals surface area (Å²) < 4.78 is 5.48. The van der Waals surface area contributed by atoms with Crippen LogP contribution in [0, 0.1) is 0 Å². The Labute approximate surface area is 213 Å². The van der Waals surface area contributed by atoms with E-state index in [0.717, 1.165) is 64.6 Å². The van der Waals surface area contributed by atoms with Crippen molar-refractivity contribution in [3.8, 4) is 0 Å². The molecule has 0 aliphatic carbocycles. The molecule has 5 rings (SSSR count). The van der Waals surface area contributed by atoms with Crippen LogP contribution >= 0.6 is 0 Å². The van der Waals surface area contributed by atoms with Crippen LogP contribution in [0.5, 0.6) is 0 Å². The molecule has 3 aliphatic heterocycles. The van der Waals surface area contributed by atoms with Crippen molar-refractivity contribution >= 4 is 23.2 Å². The molecular weight excluding hydrogens is 454 g/mol. The molecule has 3 heterocycles. The minimum Gasteiger partial charge on any atom is -0.378 e. The molecule has 3 aliphatic rings. The van der Waals surface area contributed by atoms with Crippen LogP contribution in [0.4, 0.5) is 11.4 Å². The van der Waals surface area contributed by atoms with E-state index in [1.807, 2.05) is 4.90 Å². The summed E-state index contributed by atoms with van der Waals surface area (Å²) in [7, 11) is 0. The molecule has 8 nitrogen and oxygen atoms in total. The van der Waals surface area contributed by atoms with Crippen molar-refractivity contribution in [1.29, 1.82) is 0 Å². The highest BCUT2D eigenvalue weighted by Crippen LogP contribution is 2.25. The maximum Gasteiger partial charge on any atom is 0.242 e. The van der Waals surface area contributed by atoms with Gasteiger partial charge in [0.2, 0.25) is 11.8 Å². The molecular formula is C28H37N5O3. The zero-order valence-electron chi connectivity index (χ0n) is 21.2. The van der Waals surface area contributed by atoms with Crippen LogP contribution < -0.4 is 15.1 Å². The molecule has 0 aromatic heterocycles. The summed E-state index contributed by atoms with van der Waals surface area (Å²) in [5, 5.41) is 3.10. The highest BCUT2D eigenvalue weighted by Gasteiger charge is 2.28. The fourth-order valence-corrected chi connectivity index (χ4v) is 5.55. The Balaban J connectivity index is 1.19. The van der Waals surface area contributed by atoms with Crippen molar-refractivity contribution in [3.05, 3.63) is 59.7 Å². The molecule has 2 saturated heterocycles. The third-order valence-electron chi connectivity index (χ3n) is 7.43. The lowest BCUT2D eigenvalue weighted by molar-refractivity contribution is -0.132. The van der Waals surface area contributed by atoms with Crippen LogP contribution in [-0.2, 0) is 27.3 Å². The van der Waals surface area contributed by atoms with E-state index in [0.29, 0.717) is 19.6 Å². The first-order valence-electron chi connectivity index (χ1n) is 13.1. The predicted molar refractivity (Wildman–Crippen MR) is 141 cm³/mol. The highest BCUT2D eigenvalue weighted by molar-refractivity contribution is 5.83. The van der Waals surface area contributed by atoms with Crippen molar-refractivity contribution < 1.29 is 14.3 Å². The third-order valence-corrected chi connectivity index (χ3v) is 7.43. The summed E-state index contributed by atoms with van der Waals surface area (Å²) in [5.41, 5.74) is 5.03. The maximum atomic E-state index is 13.2. The Hall–Kier alpha value is -3.10. The Morgan fingerprint density at radius 2 is 1.64 bits per heavy atom. The van der Waals surface area contributed by atoms with E-state index in [2.05, 4.69) is 68.5 Å². The number of rotatable bonds is 7. The number of piperazine rings is 1. The van der Waals surface area contributed by atoms with E-state index < -0.39 is 0 Å². The first-order chi connectivity index (χ1) is 17.5. The lowest BCUT2D eigenvalue weighted by atomic mass is 9.99. The van der Waals surface area contributed by atoms with Gasteiger partial charge in [-0.15, -0.1) is 0 Å². The van der Waals surface area contributed by atoms with Crippen molar-refractivity contribution in [3.63, 3.8) is 0 Å². The molecule has 1 N–H and O–H groups in total. The van der Waals surface area contributed by atoms with Crippen LogP contribution in [-0.4, -0.2) is 93.2 Å². The van der Waals surface area contributed by atoms with Gasteiger partial charge in [-0.05, 0) is 35.7 Å². The van der Waals surface area contributed by atoms with E-state index in [9.17, 15) is 9.59 Å². The lowest BCUT2D eigenvalue weighted by Gasteiger charge is -2.39. The smallest absolute Gasteiger partial charge is 0.242 e. The van der Waals surface area contributed by atoms with E-state index in [1.54, 1.807) is 6.92 Å². The average molecular weight is 492 g/mol. The largest absolute Gasteiger partial charge is 0.378 e. The van der Waals surface area contributed by atoms with Crippen molar-refractivity contribution in [2.75, 3.05) is 75.4 Å². The van der Waals surface area contributed by atoms with Crippen LogP contribution in [0.2, 0.25) is 0 Å². The third kappa shape index (κ3) is 5.99. The second-order valence-electron chi connectivity index (χ2n) is 10.0. The number of nitrogens with one attached hydrogen (secondary N) is 1. The molecule has 192 valence electrons. The van der Waals surface area contributed by atoms with Crippen LogP contribution in [0.1, 0.15) is 18.1 Å². The molecule has 0 bridgehead atoms. The van der Waals surface area contributed by atoms with Crippen LogP contribution in [0.25, 0.3) is 0 Å². The molecule has 0 radical (unpaired) electrons. The Kier molecular flexibility index (Phi) is 7.72. The molecule has 0 saturated carbocycles. The molecule has 2 amide bonds. The van der Waals surface area contributed by atoms with Crippen LogP contribution in [0.3, 0.4) is 0 Å². The number of amides is 2. The van der Waals surface area contributed by atoms with Gasteiger partial charge >= 0.3 is 0 Å².